The van der Waals surface area contributed by atoms with Gasteiger partial charge in [0, 0.05) is 0 Å². The van der Waals surface area contributed by atoms with Gasteiger partial charge in [0.1, 0.15) is 0 Å². The van der Waals surface area contributed by atoms with Gasteiger partial charge in [-0.1, -0.05) is 103 Å². The first-order valence-electron chi connectivity index (χ1n) is 11.1. The van der Waals surface area contributed by atoms with E-state index >= 15 is 0 Å². The van der Waals surface area contributed by atoms with Gasteiger partial charge in [-0.2, -0.15) is 8.42 Å². The molecule has 6 nitrogen and oxygen atoms in total. The average Bonchev–Trinajstić information content (AvgIpc) is 2.62. The molecule has 0 heterocycles. The van der Waals surface area contributed by atoms with Crippen LogP contribution in [0.15, 0.2) is 0 Å². The van der Waals surface area contributed by atoms with E-state index in [0.29, 0.717) is 12.9 Å². The van der Waals surface area contributed by atoms with Crippen molar-refractivity contribution in [1.82, 2.24) is 0 Å². The molecule has 0 rings (SSSR count). The van der Waals surface area contributed by atoms with Crippen molar-refractivity contribution in [3.8, 4) is 0 Å². The zero-order valence-corrected chi connectivity index (χ0v) is 19.1. The Morgan fingerprint density at radius 2 is 1.04 bits per heavy atom. The largest absolute Gasteiger partial charge is 0.465 e. The van der Waals surface area contributed by atoms with Gasteiger partial charge in [-0.05, 0) is 6.42 Å². The summed E-state index contributed by atoms with van der Waals surface area (Å²) in [5.41, 5.74) is 5.17. The molecule has 0 amide bonds. The summed E-state index contributed by atoms with van der Waals surface area (Å²) < 4.78 is 30.8. The van der Waals surface area contributed by atoms with Crippen molar-refractivity contribution in [2.24, 2.45) is 5.73 Å². The molecule has 3 N–H and O–H groups in total. The van der Waals surface area contributed by atoms with Gasteiger partial charge in [0.15, 0.2) is 0 Å². The van der Waals surface area contributed by atoms with Crippen LogP contribution in [0.1, 0.15) is 110 Å². The predicted molar refractivity (Wildman–Crippen MR) is 117 cm³/mol. The number of carbonyl (C=O) groups excluding carboxylic acids is 1. The number of esters is 1. The molecular formula is C21H45NO5S. The normalized spacial score (nSPS) is 11.0. The minimum atomic E-state index is -3.67. The van der Waals surface area contributed by atoms with Crippen LogP contribution in [0.5, 0.6) is 0 Å². The fourth-order valence-corrected chi connectivity index (χ4v) is 2.90. The van der Waals surface area contributed by atoms with Crippen LogP contribution in [-0.2, 0) is 19.6 Å². The first-order chi connectivity index (χ1) is 13.3. The van der Waals surface area contributed by atoms with Crippen LogP contribution in [0, 0.1) is 0 Å². The van der Waals surface area contributed by atoms with Crippen molar-refractivity contribution >= 4 is 16.1 Å². The van der Waals surface area contributed by atoms with E-state index < -0.39 is 10.1 Å². The summed E-state index contributed by atoms with van der Waals surface area (Å²) >= 11 is 0. The number of rotatable bonds is 18. The monoisotopic (exact) mass is 423 g/mol. The molecule has 0 aliphatic carbocycles. The Morgan fingerprint density at radius 3 is 1.32 bits per heavy atom. The highest BCUT2D eigenvalue weighted by Gasteiger charge is 1.98. The smallest absolute Gasteiger partial charge is 0.319 e. The maximum Gasteiger partial charge on any atom is 0.319 e. The molecule has 0 unspecified atom stereocenters. The number of unbranched alkanes of at least 4 members (excludes halogenated alkanes) is 15. The zero-order chi connectivity index (χ0) is 21.5. The third kappa shape index (κ3) is 36.3. The van der Waals surface area contributed by atoms with E-state index in [2.05, 4.69) is 6.92 Å². The Balaban J connectivity index is 0. The second-order valence-corrected chi connectivity index (χ2v) is 8.93. The topological polar surface area (TPSA) is 107 Å². The van der Waals surface area contributed by atoms with Crippen LogP contribution >= 0.6 is 0 Å². The summed E-state index contributed by atoms with van der Waals surface area (Å²) in [5, 5.41) is 0. The predicted octanol–water partition coefficient (Wildman–Crippen LogP) is 5.25. The van der Waals surface area contributed by atoms with E-state index in [0.717, 1.165) is 12.8 Å². The van der Waals surface area contributed by atoms with Crippen LogP contribution in [0.2, 0.25) is 0 Å². The Kier molecular flexibility index (Phi) is 23.9. The quantitative estimate of drug-likeness (QED) is 0.177. The standard InChI is InChI=1S/C20H41NO2.CH4O3S/c1-2-3-4-5-6-7-8-9-10-11-12-13-14-15-16-17-18-23-20(22)19-21;1-5(2,3)4/h2-19,21H2,1H3;1H3,(H,2,3,4). The molecule has 0 aromatic heterocycles. The lowest BCUT2D eigenvalue weighted by Gasteiger charge is -2.04. The van der Waals surface area contributed by atoms with Crippen LogP contribution in [0.4, 0.5) is 0 Å². The molecule has 0 aromatic carbocycles. The fourth-order valence-electron chi connectivity index (χ4n) is 2.90. The van der Waals surface area contributed by atoms with Gasteiger partial charge in [0.2, 0.25) is 0 Å². The molecule has 0 aromatic rings. The Labute approximate surface area is 173 Å². The fraction of sp³-hybridized carbons (Fsp3) is 0.952. The van der Waals surface area contributed by atoms with Crippen LogP contribution in [-0.4, -0.2) is 38.3 Å². The van der Waals surface area contributed by atoms with Crippen LogP contribution < -0.4 is 5.73 Å². The molecule has 0 radical (unpaired) electrons. The van der Waals surface area contributed by atoms with Crippen LogP contribution in [0.25, 0.3) is 0 Å². The van der Waals surface area contributed by atoms with Crippen molar-refractivity contribution in [2.45, 2.75) is 110 Å². The summed E-state index contributed by atoms with van der Waals surface area (Å²) in [5.74, 6) is -0.286. The van der Waals surface area contributed by atoms with Crippen molar-refractivity contribution < 1.29 is 22.5 Å². The van der Waals surface area contributed by atoms with Gasteiger partial charge in [0.25, 0.3) is 10.1 Å². The van der Waals surface area contributed by atoms with E-state index in [1.807, 2.05) is 0 Å². The molecule has 0 aliphatic rings. The lowest BCUT2D eigenvalue weighted by molar-refractivity contribution is -0.142. The van der Waals surface area contributed by atoms with Gasteiger partial charge in [-0.25, -0.2) is 0 Å². The summed E-state index contributed by atoms with van der Waals surface area (Å²) in [6.07, 6.45) is 22.4. The molecule has 170 valence electrons. The van der Waals surface area contributed by atoms with Crippen molar-refractivity contribution in [1.29, 1.82) is 0 Å². The number of hydrogen-bond donors (Lipinski definition) is 2. The second-order valence-electron chi connectivity index (χ2n) is 7.46. The molecule has 0 aliphatic heterocycles. The van der Waals surface area contributed by atoms with Crippen molar-refractivity contribution in [3.05, 3.63) is 0 Å². The Bertz CT molecular complexity index is 419. The van der Waals surface area contributed by atoms with E-state index in [-0.39, 0.29) is 12.5 Å². The van der Waals surface area contributed by atoms with E-state index in [1.54, 1.807) is 0 Å². The minimum absolute atomic E-state index is 0.00113. The molecule has 7 heteroatoms. The summed E-state index contributed by atoms with van der Waals surface area (Å²) in [6, 6.07) is 0. The highest BCUT2D eigenvalue weighted by atomic mass is 32.2. The van der Waals surface area contributed by atoms with E-state index in [1.165, 1.54) is 89.9 Å². The summed E-state index contributed by atoms with van der Waals surface area (Å²) in [7, 11) is -3.67. The Morgan fingerprint density at radius 1 is 0.750 bits per heavy atom. The lowest BCUT2D eigenvalue weighted by atomic mass is 10.0. The lowest BCUT2D eigenvalue weighted by Crippen LogP contribution is -2.17. The second kappa shape index (κ2) is 22.6. The summed E-state index contributed by atoms with van der Waals surface area (Å²) in [6.45, 7) is 2.81. The molecule has 0 spiro atoms. The van der Waals surface area contributed by atoms with Crippen molar-refractivity contribution in [3.63, 3.8) is 0 Å². The Hall–Kier alpha value is -0.660. The van der Waals surface area contributed by atoms with Crippen LogP contribution in [0.3, 0.4) is 0 Å². The SMILES string of the molecule is CCCCCCCCCCCCCCCCCCOC(=O)CN.CS(=O)(=O)O. The molecule has 0 fully saturated rings. The molecule has 28 heavy (non-hydrogen) atoms. The van der Waals surface area contributed by atoms with Gasteiger partial charge < -0.3 is 10.5 Å². The number of hydrogen-bond acceptors (Lipinski definition) is 5. The molecule has 0 atom stereocenters. The molecule has 0 saturated heterocycles. The number of carbonyl (C=O) groups is 1. The van der Waals surface area contributed by atoms with E-state index in [9.17, 15) is 13.2 Å². The maximum absolute atomic E-state index is 10.8. The molecule has 0 bridgehead atoms. The number of nitrogens with two attached hydrogens (primary N) is 1. The average molecular weight is 424 g/mol. The highest BCUT2D eigenvalue weighted by Crippen LogP contribution is 2.13. The summed E-state index contributed by atoms with van der Waals surface area (Å²) in [4.78, 5) is 10.8. The highest BCUT2D eigenvalue weighted by molar-refractivity contribution is 7.85. The molecular weight excluding hydrogens is 378 g/mol. The van der Waals surface area contributed by atoms with Gasteiger partial charge in [-0.15, -0.1) is 0 Å². The first kappa shape index (κ1) is 29.5. The van der Waals surface area contributed by atoms with Gasteiger partial charge in [-0.3, -0.25) is 9.35 Å². The van der Waals surface area contributed by atoms with Crippen molar-refractivity contribution in [2.75, 3.05) is 19.4 Å². The van der Waals surface area contributed by atoms with Gasteiger partial charge >= 0.3 is 5.97 Å². The number of ether oxygens (including phenoxy) is 1. The van der Waals surface area contributed by atoms with Gasteiger partial charge in [0.05, 0.1) is 19.4 Å². The minimum Gasteiger partial charge on any atom is -0.465 e. The maximum atomic E-state index is 10.8. The third-order valence-corrected chi connectivity index (χ3v) is 4.43. The zero-order valence-electron chi connectivity index (χ0n) is 18.3. The third-order valence-electron chi connectivity index (χ3n) is 4.43. The molecule has 0 saturated carbocycles. The van der Waals surface area contributed by atoms with E-state index in [4.69, 9.17) is 15.0 Å². The first-order valence-corrected chi connectivity index (χ1v) is 12.9.